The average molecular weight is 390 g/mol. The molecule has 2 heterocycles. The third-order valence-corrected chi connectivity index (χ3v) is 5.12. The highest BCUT2D eigenvalue weighted by Crippen LogP contribution is 2.28. The summed E-state index contributed by atoms with van der Waals surface area (Å²) in [7, 11) is 2.03. The van der Waals surface area contributed by atoms with Gasteiger partial charge >= 0.3 is 0 Å². The number of rotatable bonds is 6. The first-order valence-electron chi connectivity index (χ1n) is 9.53. The number of hydrogen-bond donors (Lipinski definition) is 0. The molecule has 4 aromatic rings. The average Bonchev–Trinajstić information content (AvgIpc) is 3.38. The van der Waals surface area contributed by atoms with Crippen molar-refractivity contribution < 1.29 is 8.91 Å². The summed E-state index contributed by atoms with van der Waals surface area (Å²) in [6.07, 6.45) is 3.59. The molecule has 0 amide bonds. The van der Waals surface area contributed by atoms with Crippen molar-refractivity contribution in [2.75, 3.05) is 7.05 Å². The molecule has 4 rings (SSSR count). The maximum absolute atomic E-state index is 13.9. The summed E-state index contributed by atoms with van der Waals surface area (Å²) in [5, 5.41) is 8.84. The van der Waals surface area contributed by atoms with Crippen LogP contribution in [0.25, 0.3) is 16.9 Å². The zero-order valence-corrected chi connectivity index (χ0v) is 16.7. The second kappa shape index (κ2) is 8.01. The van der Waals surface area contributed by atoms with E-state index in [-0.39, 0.29) is 11.9 Å². The lowest BCUT2D eigenvalue weighted by Gasteiger charge is -2.22. The van der Waals surface area contributed by atoms with Gasteiger partial charge in [-0.05, 0) is 50.7 Å². The molecule has 0 aliphatic carbocycles. The minimum atomic E-state index is -0.275. The summed E-state index contributed by atoms with van der Waals surface area (Å²) in [6, 6.07) is 16.6. The molecule has 1 unspecified atom stereocenters. The Balaban J connectivity index is 1.72. The van der Waals surface area contributed by atoms with E-state index in [9.17, 15) is 4.39 Å². The number of nitrogens with zero attached hydrogens (tertiary/aromatic N) is 4. The van der Waals surface area contributed by atoms with E-state index in [1.807, 2.05) is 42.2 Å². The Bertz CT molecular complexity index is 1100. The molecule has 2 aromatic carbocycles. The van der Waals surface area contributed by atoms with Crippen molar-refractivity contribution in [2.24, 2.45) is 0 Å². The van der Waals surface area contributed by atoms with Crippen molar-refractivity contribution in [1.82, 2.24) is 19.8 Å². The smallest absolute Gasteiger partial charge is 0.124 e. The van der Waals surface area contributed by atoms with Crippen molar-refractivity contribution in [3.05, 3.63) is 89.7 Å². The van der Waals surface area contributed by atoms with Gasteiger partial charge in [0.2, 0.25) is 0 Å². The Labute approximate surface area is 169 Å². The van der Waals surface area contributed by atoms with Crippen LogP contribution in [0.4, 0.5) is 4.39 Å². The number of halogens is 1. The Morgan fingerprint density at radius 1 is 1.14 bits per heavy atom. The quantitative estimate of drug-likeness (QED) is 0.456. The molecule has 0 saturated heterocycles. The van der Waals surface area contributed by atoms with Crippen molar-refractivity contribution in [3.8, 4) is 16.9 Å². The maximum Gasteiger partial charge on any atom is 0.124 e. The van der Waals surface area contributed by atoms with Crippen molar-refractivity contribution in [2.45, 2.75) is 26.4 Å². The second-order valence-corrected chi connectivity index (χ2v) is 7.31. The largest absolute Gasteiger partial charge is 0.364 e. The minimum absolute atomic E-state index is 0.0661. The Morgan fingerprint density at radius 2 is 1.97 bits per heavy atom. The van der Waals surface area contributed by atoms with Crippen LogP contribution >= 0.6 is 0 Å². The molecular weight excluding hydrogens is 367 g/mol. The lowest BCUT2D eigenvalue weighted by atomic mass is 10.1. The zero-order valence-electron chi connectivity index (χ0n) is 16.7. The molecule has 0 radical (unpaired) electrons. The van der Waals surface area contributed by atoms with Gasteiger partial charge in [-0.3, -0.25) is 4.90 Å². The molecule has 0 N–H and O–H groups in total. The van der Waals surface area contributed by atoms with E-state index in [2.05, 4.69) is 36.0 Å². The van der Waals surface area contributed by atoms with E-state index in [0.717, 1.165) is 33.8 Å². The van der Waals surface area contributed by atoms with Crippen LogP contribution in [0.2, 0.25) is 0 Å². The molecule has 5 nitrogen and oxygen atoms in total. The molecule has 0 spiro atoms. The Morgan fingerprint density at radius 3 is 2.69 bits per heavy atom. The van der Waals surface area contributed by atoms with E-state index in [0.29, 0.717) is 6.54 Å². The number of benzene rings is 2. The second-order valence-electron chi connectivity index (χ2n) is 7.31. The van der Waals surface area contributed by atoms with Crippen molar-refractivity contribution in [3.63, 3.8) is 0 Å². The van der Waals surface area contributed by atoms with Crippen LogP contribution in [0, 0.1) is 12.7 Å². The summed E-state index contributed by atoms with van der Waals surface area (Å²) >= 11 is 0. The standard InChI is InChI=1S/C23H23FN4O/c1-16-6-4-9-21(12-16)28-15-19(14-27(3)17(2)22-10-11-29-26-22)23(25-28)18-7-5-8-20(24)13-18/h4-13,15,17H,14H2,1-3H3. The molecule has 0 bridgehead atoms. The predicted molar refractivity (Wildman–Crippen MR) is 110 cm³/mol. The molecule has 2 aromatic heterocycles. The first kappa shape index (κ1) is 19.1. The van der Waals surface area contributed by atoms with E-state index in [4.69, 9.17) is 9.62 Å². The van der Waals surface area contributed by atoms with Gasteiger partial charge in [0.25, 0.3) is 0 Å². The predicted octanol–water partition coefficient (Wildman–Crippen LogP) is 5.17. The monoisotopic (exact) mass is 390 g/mol. The Hall–Kier alpha value is -3.25. The topological polar surface area (TPSA) is 47.1 Å². The van der Waals surface area contributed by atoms with Gasteiger partial charge in [-0.2, -0.15) is 5.10 Å². The van der Waals surface area contributed by atoms with Crippen molar-refractivity contribution in [1.29, 1.82) is 0 Å². The van der Waals surface area contributed by atoms with E-state index >= 15 is 0 Å². The normalized spacial score (nSPS) is 12.4. The highest BCUT2D eigenvalue weighted by molar-refractivity contribution is 5.63. The fraction of sp³-hybridized carbons (Fsp3) is 0.217. The lowest BCUT2D eigenvalue weighted by molar-refractivity contribution is 0.241. The molecule has 0 aliphatic rings. The number of aryl methyl sites for hydroxylation is 1. The third-order valence-electron chi connectivity index (χ3n) is 5.12. The molecule has 1 atom stereocenters. The molecule has 6 heteroatoms. The van der Waals surface area contributed by atoms with Crippen LogP contribution in [0.15, 0.2) is 71.6 Å². The number of aromatic nitrogens is 3. The first-order chi connectivity index (χ1) is 14.0. The minimum Gasteiger partial charge on any atom is -0.364 e. The summed E-state index contributed by atoms with van der Waals surface area (Å²) in [4.78, 5) is 2.16. The molecule has 0 aliphatic heterocycles. The molecule has 0 saturated carbocycles. The van der Waals surface area contributed by atoms with Crippen molar-refractivity contribution >= 4 is 0 Å². The zero-order chi connectivity index (χ0) is 20.4. The summed E-state index contributed by atoms with van der Waals surface area (Å²) in [5.41, 5.74) is 5.53. The van der Waals surface area contributed by atoms with Crippen LogP contribution < -0.4 is 0 Å². The highest BCUT2D eigenvalue weighted by atomic mass is 19.1. The SMILES string of the molecule is Cc1cccc(-n2cc(CN(C)C(C)c3ccon3)c(-c3cccc(F)c3)n2)c1. The van der Waals surface area contributed by atoms with Crippen LogP contribution in [0.1, 0.15) is 29.8 Å². The maximum atomic E-state index is 13.9. The summed E-state index contributed by atoms with van der Waals surface area (Å²) in [5.74, 6) is -0.275. The van der Waals surface area contributed by atoms with Gasteiger partial charge in [-0.1, -0.05) is 29.4 Å². The number of hydrogen-bond acceptors (Lipinski definition) is 4. The van der Waals surface area contributed by atoms with Crippen LogP contribution in [-0.4, -0.2) is 26.9 Å². The lowest BCUT2D eigenvalue weighted by Crippen LogP contribution is -2.22. The van der Waals surface area contributed by atoms with Gasteiger partial charge in [0.05, 0.1) is 17.4 Å². The summed E-state index contributed by atoms with van der Waals surface area (Å²) < 4.78 is 20.7. The van der Waals surface area contributed by atoms with Crippen LogP contribution in [0.5, 0.6) is 0 Å². The molecule has 0 fully saturated rings. The van der Waals surface area contributed by atoms with Gasteiger partial charge in [0, 0.05) is 29.9 Å². The van der Waals surface area contributed by atoms with Gasteiger partial charge in [-0.15, -0.1) is 0 Å². The van der Waals surface area contributed by atoms with Gasteiger partial charge in [-0.25, -0.2) is 9.07 Å². The van der Waals surface area contributed by atoms with E-state index in [1.54, 1.807) is 12.3 Å². The first-order valence-corrected chi connectivity index (χ1v) is 9.53. The fourth-order valence-corrected chi connectivity index (χ4v) is 3.38. The van der Waals surface area contributed by atoms with Crippen LogP contribution in [-0.2, 0) is 6.54 Å². The highest BCUT2D eigenvalue weighted by Gasteiger charge is 2.19. The summed E-state index contributed by atoms with van der Waals surface area (Å²) in [6.45, 7) is 4.76. The molecular formula is C23H23FN4O. The third kappa shape index (κ3) is 4.12. The molecule has 148 valence electrons. The van der Waals surface area contributed by atoms with Gasteiger partial charge in [0.15, 0.2) is 0 Å². The molecule has 29 heavy (non-hydrogen) atoms. The van der Waals surface area contributed by atoms with Gasteiger partial charge < -0.3 is 4.52 Å². The van der Waals surface area contributed by atoms with E-state index < -0.39 is 0 Å². The fourth-order valence-electron chi connectivity index (χ4n) is 3.38. The van der Waals surface area contributed by atoms with E-state index in [1.165, 1.54) is 12.1 Å². The van der Waals surface area contributed by atoms with Crippen LogP contribution in [0.3, 0.4) is 0 Å². The van der Waals surface area contributed by atoms with Gasteiger partial charge in [0.1, 0.15) is 17.8 Å². The Kier molecular flexibility index (Phi) is 5.27.